The van der Waals surface area contributed by atoms with Crippen LogP contribution in [-0.2, 0) is 102 Å². The van der Waals surface area contributed by atoms with Crippen LogP contribution in [0.5, 0.6) is 17.2 Å². The molecular weight excluding hydrogens is 1200 g/mol. The Morgan fingerprint density at radius 3 is 1.52 bits per heavy atom. The van der Waals surface area contributed by atoms with Gasteiger partial charge < -0.3 is 52.2 Å². The van der Waals surface area contributed by atoms with Gasteiger partial charge in [-0.1, -0.05) is 32.5 Å². The minimum absolute atomic E-state index is 0. The van der Waals surface area contributed by atoms with Gasteiger partial charge in [0.15, 0.2) is 9.84 Å². The van der Waals surface area contributed by atoms with Crippen molar-refractivity contribution in [1.82, 2.24) is 18.3 Å². The fourth-order valence-electron chi connectivity index (χ4n) is 13.2. The lowest BCUT2D eigenvalue weighted by molar-refractivity contribution is -0.150. The number of alkyl halides is 2. The molecule has 4 aromatic heterocycles. The van der Waals surface area contributed by atoms with Gasteiger partial charge in [-0.2, -0.15) is 8.78 Å². The number of sulfone groups is 1. The van der Waals surface area contributed by atoms with Crippen molar-refractivity contribution in [1.29, 1.82) is 0 Å². The number of aromatic hydroxyl groups is 1. The zero-order chi connectivity index (χ0) is 64.1. The van der Waals surface area contributed by atoms with E-state index >= 15 is 0 Å². The van der Waals surface area contributed by atoms with Crippen molar-refractivity contribution in [3.8, 4) is 17.2 Å². The SMILES string of the molecule is C.C.CCOC(=O)C1CCc2cc3cc(C)ccc3n2C1.CCOC(=O)C1CCc2cc3cc(O)ccc3n2C1.CCOC(=O)C1CCc2cc3cc(OC)ccc3n2C1.Cc1cc(S(C)(=O)=O)ccc1Cc1c2n(c3ccc(OC(F)F)cc13)CC(C(=O)O)CC2. The lowest BCUT2D eigenvalue weighted by atomic mass is 9.93. The molecule has 0 spiro atoms. The van der Waals surface area contributed by atoms with Gasteiger partial charge in [-0.15, -0.1) is 0 Å². The Morgan fingerprint density at radius 2 is 1.03 bits per heavy atom. The van der Waals surface area contributed by atoms with Crippen LogP contribution in [0.4, 0.5) is 8.78 Å². The number of fused-ring (bicyclic) bond motifs is 12. The second-order valence-electron chi connectivity index (χ2n) is 23.6. The number of methoxy groups -OCH3 is 1. The maximum atomic E-state index is 12.8. The zero-order valence-electron chi connectivity index (χ0n) is 51.9. The van der Waals surface area contributed by atoms with Gasteiger partial charge in [0.05, 0.1) is 55.5 Å². The zero-order valence-corrected chi connectivity index (χ0v) is 52.7. The van der Waals surface area contributed by atoms with Gasteiger partial charge in [0, 0.05) is 105 Å². The molecule has 20 heteroatoms. The van der Waals surface area contributed by atoms with E-state index in [1.54, 1.807) is 49.6 Å². The number of nitrogens with zero attached hydrogens (tertiary/aromatic N) is 4. The van der Waals surface area contributed by atoms with Crippen molar-refractivity contribution in [3.63, 3.8) is 0 Å². The van der Waals surface area contributed by atoms with E-state index < -0.39 is 28.3 Å². The van der Waals surface area contributed by atoms with Gasteiger partial charge in [0.2, 0.25) is 0 Å². The van der Waals surface area contributed by atoms with Gasteiger partial charge in [-0.05, 0) is 200 Å². The normalized spacial score (nSPS) is 17.1. The molecule has 0 amide bonds. The average Bonchev–Trinajstić information content (AvgIpc) is 1.62. The van der Waals surface area contributed by atoms with Crippen molar-refractivity contribution in [3.05, 3.63) is 154 Å². The first-order valence-electron chi connectivity index (χ1n) is 30.8. The molecule has 17 nitrogen and oxygen atoms in total. The maximum Gasteiger partial charge on any atom is 0.387 e. The second-order valence-corrected chi connectivity index (χ2v) is 25.7. The summed E-state index contributed by atoms with van der Waals surface area (Å²) >= 11 is 0. The molecule has 4 atom stereocenters. The highest BCUT2D eigenvalue weighted by atomic mass is 32.2. The molecule has 5 aromatic carbocycles. The van der Waals surface area contributed by atoms with Crippen LogP contribution in [0.2, 0.25) is 0 Å². The van der Waals surface area contributed by atoms with E-state index in [9.17, 15) is 46.6 Å². The Bertz CT molecular complexity index is 4160. The van der Waals surface area contributed by atoms with Gasteiger partial charge >= 0.3 is 30.5 Å². The molecule has 0 radical (unpaired) electrons. The number of carbonyl (C=O) groups is 4. The third kappa shape index (κ3) is 15.3. The standard InChI is InChI=1S/C23H23F2NO5S.C16H19NO3.C16H19NO2.C15H17NO3.2CH4/c1-13-9-17(32(2,29)30)6-3-14(13)10-18-19-11-16(31-23(24)25)5-8-21(19)26-12-15(22(27)28)4-7-20(18)26;1-3-20-16(18)11-4-5-13-8-12-9-14(19-2)6-7-15(12)17(13)10-11;1-3-19-16(18)12-5-6-14-9-13-8-11(2)4-7-15(13)17(14)10-12;1-2-19-15(18)10-3-4-12-7-11-8-13(17)5-6-14(11)16(12)9-10;;/h3,5-6,8-9,11,15,23H,4,7,10,12H2,1-2H3,(H,27,28);6-9,11H,3-5,10H2,1-2H3;4,7-9,12H,3,5-6,10H2,1-2H3;5-8,10,17H,2-4,9H2,1H3;2*1H4. The van der Waals surface area contributed by atoms with Crippen LogP contribution in [0, 0.1) is 37.5 Å². The third-order valence-corrected chi connectivity index (χ3v) is 18.8. The highest BCUT2D eigenvalue weighted by Gasteiger charge is 2.32. The first-order chi connectivity index (χ1) is 43.1. The molecule has 0 bridgehead atoms. The smallest absolute Gasteiger partial charge is 0.387 e. The number of rotatable bonds is 13. The van der Waals surface area contributed by atoms with Crippen LogP contribution in [0.3, 0.4) is 0 Å². The molecule has 492 valence electrons. The van der Waals surface area contributed by atoms with E-state index in [1.165, 1.54) is 45.0 Å². The highest BCUT2D eigenvalue weighted by molar-refractivity contribution is 7.90. The molecule has 13 rings (SSSR count). The van der Waals surface area contributed by atoms with Gasteiger partial charge in [0.25, 0.3) is 0 Å². The van der Waals surface area contributed by atoms with Crippen LogP contribution in [0.1, 0.15) is 106 Å². The summed E-state index contributed by atoms with van der Waals surface area (Å²) in [4.78, 5) is 47.4. The molecular formula is C72H86F2N4O13S. The Kier molecular flexibility index (Phi) is 22.4. The molecule has 0 fully saturated rings. The number of phenols is 1. The van der Waals surface area contributed by atoms with E-state index in [0.717, 1.165) is 107 Å². The maximum absolute atomic E-state index is 12.8. The molecule has 0 aliphatic carbocycles. The van der Waals surface area contributed by atoms with Crippen molar-refractivity contribution in [2.75, 3.05) is 33.2 Å². The van der Waals surface area contributed by atoms with Crippen LogP contribution in [-0.4, -0.2) is 101 Å². The molecule has 0 saturated carbocycles. The summed E-state index contributed by atoms with van der Waals surface area (Å²) in [6.07, 6.45) is 8.00. The Labute approximate surface area is 536 Å². The minimum Gasteiger partial charge on any atom is -0.508 e. The first-order valence-corrected chi connectivity index (χ1v) is 32.7. The number of esters is 3. The molecule has 4 aliphatic rings. The summed E-state index contributed by atoms with van der Waals surface area (Å²) in [5, 5.41) is 23.2. The summed E-state index contributed by atoms with van der Waals surface area (Å²) in [6.45, 7) is 10.3. The number of aryl methyl sites for hydroxylation is 5. The lowest BCUT2D eigenvalue weighted by Crippen LogP contribution is -2.28. The van der Waals surface area contributed by atoms with E-state index in [-0.39, 0.29) is 66.9 Å². The first kappa shape index (κ1) is 69.2. The second kappa shape index (κ2) is 29.7. The number of carboxylic acids is 1. The van der Waals surface area contributed by atoms with Crippen LogP contribution >= 0.6 is 0 Å². The van der Waals surface area contributed by atoms with Crippen molar-refractivity contribution in [2.24, 2.45) is 23.7 Å². The Morgan fingerprint density at radius 1 is 0.565 bits per heavy atom. The summed E-state index contributed by atoms with van der Waals surface area (Å²) in [5.74, 6) is -0.510. The molecule has 92 heavy (non-hydrogen) atoms. The van der Waals surface area contributed by atoms with Crippen LogP contribution < -0.4 is 9.47 Å². The van der Waals surface area contributed by atoms with E-state index in [4.69, 9.17) is 18.9 Å². The van der Waals surface area contributed by atoms with Crippen molar-refractivity contribution >= 4 is 77.3 Å². The van der Waals surface area contributed by atoms with Gasteiger partial charge in [-0.3, -0.25) is 19.2 Å². The number of hydrogen-bond donors (Lipinski definition) is 2. The minimum atomic E-state index is -3.33. The van der Waals surface area contributed by atoms with Gasteiger partial charge in [-0.25, -0.2) is 8.42 Å². The number of phenolic OH excluding ortho intramolecular Hbond substituents is 1. The van der Waals surface area contributed by atoms with Crippen molar-refractivity contribution < 1.29 is 70.3 Å². The molecule has 9 aromatic rings. The number of hydrogen-bond acceptors (Lipinski definition) is 12. The topological polar surface area (TPSA) is 209 Å². The summed E-state index contributed by atoms with van der Waals surface area (Å²) in [7, 11) is -1.66. The number of benzene rings is 5. The average molecular weight is 1290 g/mol. The highest BCUT2D eigenvalue weighted by Crippen LogP contribution is 2.38. The monoisotopic (exact) mass is 1280 g/mol. The largest absolute Gasteiger partial charge is 0.508 e. The molecule has 4 unspecified atom stereocenters. The lowest BCUT2D eigenvalue weighted by Gasteiger charge is -2.23. The number of aromatic nitrogens is 4. The fraction of sp³-hybridized carbons (Fsp3) is 0.417. The third-order valence-electron chi connectivity index (χ3n) is 17.7. The molecule has 0 saturated heterocycles. The molecule has 4 aliphatic heterocycles. The number of carbonyl (C=O) groups excluding carboxylic acids is 3. The Hall–Kier alpha value is -8.65. The fourth-order valence-corrected chi connectivity index (χ4v) is 13.9. The molecule has 2 N–H and O–H groups in total. The van der Waals surface area contributed by atoms with Crippen LogP contribution in [0.15, 0.2) is 114 Å². The van der Waals surface area contributed by atoms with Crippen molar-refractivity contribution in [2.45, 2.75) is 145 Å². The van der Waals surface area contributed by atoms with Gasteiger partial charge in [0.1, 0.15) is 17.2 Å². The summed E-state index contributed by atoms with van der Waals surface area (Å²) < 4.78 is 83.2. The number of aliphatic carboxylic acids is 1. The summed E-state index contributed by atoms with van der Waals surface area (Å²) in [6, 6.07) is 34.1. The summed E-state index contributed by atoms with van der Waals surface area (Å²) in [5.41, 5.74) is 13.0. The van der Waals surface area contributed by atoms with Crippen LogP contribution in [0.25, 0.3) is 43.6 Å². The predicted molar refractivity (Wildman–Crippen MR) is 353 cm³/mol. The van der Waals surface area contributed by atoms with E-state index in [2.05, 4.69) is 67.8 Å². The number of ether oxygens (including phenoxy) is 5. The Balaban J connectivity index is 0.000000161. The van der Waals surface area contributed by atoms with E-state index in [1.807, 2.05) is 50.5 Å². The molecule has 8 heterocycles. The predicted octanol–water partition coefficient (Wildman–Crippen LogP) is 13.8. The quantitative estimate of drug-likeness (QED) is 0.0814. The number of carboxylic acid groups (broad SMARTS) is 1. The number of halogens is 2. The van der Waals surface area contributed by atoms with E-state index in [0.29, 0.717) is 58.7 Å².